The number of thiophene rings is 1. The molecule has 4 heterocycles. The summed E-state index contributed by atoms with van der Waals surface area (Å²) < 4.78 is 21.7. The Morgan fingerprint density at radius 2 is 2.22 bits per heavy atom. The number of nitrogens with zero attached hydrogens (tertiary/aromatic N) is 3. The summed E-state index contributed by atoms with van der Waals surface area (Å²) in [6, 6.07) is 6.68. The minimum atomic E-state index is -0.259. The quantitative estimate of drug-likeness (QED) is 0.414. The van der Waals surface area contributed by atoms with Crippen molar-refractivity contribution < 1.29 is 13.9 Å². The number of ether oxygens (including phenoxy) is 1. The Kier molecular flexibility index (Phi) is 6.05. The molecule has 1 saturated heterocycles. The second kappa shape index (κ2) is 8.96. The van der Waals surface area contributed by atoms with Gasteiger partial charge in [0.1, 0.15) is 10.6 Å². The van der Waals surface area contributed by atoms with Crippen LogP contribution in [0.25, 0.3) is 10.2 Å². The Labute approximate surface area is 193 Å². The zero-order chi connectivity index (χ0) is 22.2. The van der Waals surface area contributed by atoms with Crippen LogP contribution in [-0.4, -0.2) is 39.6 Å². The van der Waals surface area contributed by atoms with E-state index in [1.807, 2.05) is 6.07 Å². The SMILES string of the molecule is CC(=O)N1CCc2c(sc3nc(SCc4ccccc4F)n(C[C@H]4CCCO4)c(=O)c23)C1. The summed E-state index contributed by atoms with van der Waals surface area (Å²) in [5.41, 5.74) is 1.54. The van der Waals surface area contributed by atoms with Gasteiger partial charge in [-0.2, -0.15) is 0 Å². The number of hydrogen-bond donors (Lipinski definition) is 0. The van der Waals surface area contributed by atoms with Gasteiger partial charge in [-0.1, -0.05) is 30.0 Å². The number of rotatable bonds is 5. The van der Waals surface area contributed by atoms with E-state index in [2.05, 4.69) is 0 Å². The van der Waals surface area contributed by atoms with Gasteiger partial charge < -0.3 is 9.64 Å². The normalized spacial score (nSPS) is 18.3. The zero-order valence-corrected chi connectivity index (χ0v) is 19.4. The molecule has 9 heteroatoms. The number of fused-ring (bicyclic) bond motifs is 3. The van der Waals surface area contributed by atoms with E-state index in [9.17, 15) is 14.0 Å². The number of aromatic nitrogens is 2. The Bertz CT molecular complexity index is 1230. The number of hydrogen-bond acceptors (Lipinski definition) is 6. The summed E-state index contributed by atoms with van der Waals surface area (Å²) in [4.78, 5) is 33.9. The molecule has 1 aromatic carbocycles. The average Bonchev–Trinajstić information content (AvgIpc) is 3.42. The van der Waals surface area contributed by atoms with E-state index in [4.69, 9.17) is 9.72 Å². The van der Waals surface area contributed by atoms with Gasteiger partial charge >= 0.3 is 0 Å². The lowest BCUT2D eigenvalue weighted by Crippen LogP contribution is -2.34. The highest BCUT2D eigenvalue weighted by atomic mass is 32.2. The van der Waals surface area contributed by atoms with Gasteiger partial charge in [0.2, 0.25) is 5.91 Å². The maximum absolute atomic E-state index is 14.2. The largest absolute Gasteiger partial charge is 0.376 e. The van der Waals surface area contributed by atoms with Crippen molar-refractivity contribution in [3.63, 3.8) is 0 Å². The molecule has 168 valence electrons. The van der Waals surface area contributed by atoms with Crippen molar-refractivity contribution in [3.05, 3.63) is 56.4 Å². The van der Waals surface area contributed by atoms with Gasteiger partial charge in [-0.15, -0.1) is 11.3 Å². The number of thioether (sulfide) groups is 1. The third-order valence-electron chi connectivity index (χ3n) is 6.10. The fourth-order valence-corrected chi connectivity index (χ4v) is 6.62. The lowest BCUT2D eigenvalue weighted by molar-refractivity contribution is -0.129. The first-order valence-corrected chi connectivity index (χ1v) is 12.6. The Hall–Kier alpha value is -2.23. The van der Waals surface area contributed by atoms with Crippen LogP contribution < -0.4 is 5.56 Å². The summed E-state index contributed by atoms with van der Waals surface area (Å²) in [7, 11) is 0. The maximum Gasteiger partial charge on any atom is 0.263 e. The molecule has 1 atom stereocenters. The van der Waals surface area contributed by atoms with Crippen molar-refractivity contribution in [2.45, 2.75) is 56.3 Å². The monoisotopic (exact) mass is 473 g/mol. The topological polar surface area (TPSA) is 64.4 Å². The van der Waals surface area contributed by atoms with Crippen LogP contribution in [0.4, 0.5) is 4.39 Å². The number of halogens is 1. The summed E-state index contributed by atoms with van der Waals surface area (Å²) in [5, 5.41) is 1.25. The van der Waals surface area contributed by atoms with Crippen LogP contribution in [0.3, 0.4) is 0 Å². The summed E-state index contributed by atoms with van der Waals surface area (Å²) in [6.07, 6.45) is 2.55. The van der Waals surface area contributed by atoms with E-state index in [0.29, 0.717) is 59.4 Å². The van der Waals surface area contributed by atoms with E-state index in [-0.39, 0.29) is 23.4 Å². The molecule has 32 heavy (non-hydrogen) atoms. The van der Waals surface area contributed by atoms with Gasteiger partial charge in [0.05, 0.1) is 24.6 Å². The van der Waals surface area contributed by atoms with Crippen molar-refractivity contribution in [3.8, 4) is 0 Å². The highest BCUT2D eigenvalue weighted by Crippen LogP contribution is 2.34. The first kappa shape index (κ1) is 21.6. The maximum atomic E-state index is 14.2. The molecular formula is C23H24FN3O3S2. The molecule has 1 fully saturated rings. The minimum Gasteiger partial charge on any atom is -0.376 e. The van der Waals surface area contributed by atoms with Crippen LogP contribution in [0.2, 0.25) is 0 Å². The molecule has 0 spiro atoms. The first-order chi connectivity index (χ1) is 15.5. The zero-order valence-electron chi connectivity index (χ0n) is 17.8. The van der Waals surface area contributed by atoms with Crippen LogP contribution >= 0.6 is 23.1 Å². The average molecular weight is 474 g/mol. The molecule has 3 aromatic rings. The minimum absolute atomic E-state index is 0.0116. The fourth-order valence-electron chi connectivity index (χ4n) is 4.35. The van der Waals surface area contributed by atoms with Crippen molar-refractivity contribution >= 4 is 39.2 Å². The predicted molar refractivity (Wildman–Crippen MR) is 124 cm³/mol. The Morgan fingerprint density at radius 3 is 2.97 bits per heavy atom. The smallest absolute Gasteiger partial charge is 0.263 e. The van der Waals surface area contributed by atoms with Crippen molar-refractivity contribution in [1.82, 2.24) is 14.5 Å². The lowest BCUT2D eigenvalue weighted by Gasteiger charge is -2.25. The van der Waals surface area contributed by atoms with Crippen LogP contribution in [0, 0.1) is 5.82 Å². The van der Waals surface area contributed by atoms with E-state index in [1.54, 1.807) is 28.5 Å². The lowest BCUT2D eigenvalue weighted by atomic mass is 10.1. The molecule has 0 radical (unpaired) electrons. The van der Waals surface area contributed by atoms with Gasteiger partial charge in [-0.05, 0) is 36.5 Å². The molecule has 2 aliphatic rings. The molecular weight excluding hydrogens is 449 g/mol. The molecule has 0 saturated carbocycles. The van der Waals surface area contributed by atoms with E-state index in [0.717, 1.165) is 23.3 Å². The number of benzene rings is 1. The number of amides is 1. The van der Waals surface area contributed by atoms with Gasteiger partial charge in [0.15, 0.2) is 5.16 Å². The summed E-state index contributed by atoms with van der Waals surface area (Å²) in [5.74, 6) is 0.169. The second-order valence-corrected chi connectivity index (χ2v) is 10.2. The fraction of sp³-hybridized carbons (Fsp3) is 0.435. The van der Waals surface area contributed by atoms with Crippen molar-refractivity contribution in [2.75, 3.05) is 13.2 Å². The molecule has 6 nitrogen and oxygen atoms in total. The van der Waals surface area contributed by atoms with Gasteiger partial charge in [-0.25, -0.2) is 9.37 Å². The van der Waals surface area contributed by atoms with Crippen LogP contribution in [0.15, 0.2) is 34.2 Å². The van der Waals surface area contributed by atoms with E-state index < -0.39 is 0 Å². The van der Waals surface area contributed by atoms with Crippen LogP contribution in [0.1, 0.15) is 35.8 Å². The van der Waals surface area contributed by atoms with Gasteiger partial charge in [-0.3, -0.25) is 14.2 Å². The van der Waals surface area contributed by atoms with E-state index in [1.165, 1.54) is 29.2 Å². The molecule has 0 bridgehead atoms. The highest BCUT2D eigenvalue weighted by Gasteiger charge is 2.27. The molecule has 0 aliphatic carbocycles. The standard InChI is InChI=1S/C23H24FN3O3S2/c1-14(28)26-9-8-17-19(12-26)32-21-20(17)22(29)27(11-16-6-4-10-30-16)23(25-21)31-13-15-5-2-3-7-18(15)24/h2-3,5,7,16H,4,6,8-13H2,1H3/t16-/m1/s1. The highest BCUT2D eigenvalue weighted by molar-refractivity contribution is 7.98. The van der Waals surface area contributed by atoms with Crippen LogP contribution in [-0.2, 0) is 34.8 Å². The molecule has 0 N–H and O–H groups in total. The molecule has 5 rings (SSSR count). The summed E-state index contributed by atoms with van der Waals surface area (Å²) in [6.45, 7) is 3.87. The van der Waals surface area contributed by atoms with Gasteiger partial charge in [0.25, 0.3) is 5.56 Å². The van der Waals surface area contributed by atoms with Gasteiger partial charge in [0, 0.05) is 30.7 Å². The van der Waals surface area contributed by atoms with Crippen molar-refractivity contribution in [1.29, 1.82) is 0 Å². The molecule has 1 amide bonds. The Morgan fingerprint density at radius 1 is 1.38 bits per heavy atom. The number of carbonyl (C=O) groups excluding carboxylic acids is 1. The molecule has 0 unspecified atom stereocenters. The molecule has 2 aliphatic heterocycles. The van der Waals surface area contributed by atoms with Crippen molar-refractivity contribution in [2.24, 2.45) is 0 Å². The second-order valence-electron chi connectivity index (χ2n) is 8.20. The predicted octanol–water partition coefficient (Wildman–Crippen LogP) is 3.97. The third kappa shape index (κ3) is 4.09. The Balaban J connectivity index is 1.55. The van der Waals surface area contributed by atoms with Crippen LogP contribution in [0.5, 0.6) is 0 Å². The first-order valence-electron chi connectivity index (χ1n) is 10.8. The summed E-state index contributed by atoms with van der Waals surface area (Å²) >= 11 is 2.86. The molecule has 2 aromatic heterocycles. The number of carbonyl (C=O) groups is 1. The van der Waals surface area contributed by atoms with E-state index >= 15 is 0 Å². The third-order valence-corrected chi connectivity index (χ3v) is 8.23.